The molecule has 0 aliphatic rings. The van der Waals surface area contributed by atoms with Crippen molar-refractivity contribution in [2.24, 2.45) is 0 Å². The average Bonchev–Trinajstić information content (AvgIpc) is 2.45. The van der Waals surface area contributed by atoms with Crippen LogP contribution in [0.4, 0.5) is 0 Å². The van der Waals surface area contributed by atoms with Gasteiger partial charge in [0, 0.05) is 0 Å². The molecule has 0 fully saturated rings. The van der Waals surface area contributed by atoms with E-state index >= 15 is 0 Å². The summed E-state index contributed by atoms with van der Waals surface area (Å²) in [7, 11) is 0. The maximum absolute atomic E-state index is 6.25. The van der Waals surface area contributed by atoms with Gasteiger partial charge in [-0.05, 0) is 0 Å². The van der Waals surface area contributed by atoms with E-state index in [0.29, 0.717) is 0 Å². The van der Waals surface area contributed by atoms with E-state index in [1.165, 1.54) is 0 Å². The molecule has 0 N–H and O–H groups in total. The first kappa shape index (κ1) is 62.1. The minimum Gasteiger partial charge on any atom is 1.00 e. The number of rotatable bonds is 0. The standard InChI is InChI=1S/6CN.Fe.K.Ni/c6*1-2;;;/q6*-1;;+1;. The van der Waals surface area contributed by atoms with Crippen molar-refractivity contribution < 1.29 is 78.3 Å². The van der Waals surface area contributed by atoms with Crippen molar-refractivity contribution >= 4 is 0 Å². The van der Waals surface area contributed by atoms with Gasteiger partial charge in [0.25, 0.3) is 0 Å². The molecule has 9 heteroatoms. The Bertz CT molecular complexity index is 114. The predicted octanol–water partition coefficient (Wildman–Crippen LogP) is -2.42. The molecule has 0 amide bonds. The molecule has 0 spiro atoms. The van der Waals surface area contributed by atoms with Crippen LogP contribution in [-0.2, 0) is 26.9 Å². The molecule has 0 aromatic rings. The molecule has 0 heterocycles. The molecular weight excluding hydrogens is 310 g/mol. The minimum absolute atomic E-state index is 0. The normalized spacial score (nSPS) is 1.27. The molecule has 15 heavy (non-hydrogen) atoms. The third kappa shape index (κ3) is 10800. The van der Waals surface area contributed by atoms with Gasteiger partial charge in [-0.3, -0.25) is 0 Å². The van der Waals surface area contributed by atoms with Crippen molar-refractivity contribution in [1.82, 2.24) is 0 Å². The molecule has 0 aromatic carbocycles. The van der Waals surface area contributed by atoms with Crippen LogP contribution in [0.15, 0.2) is 0 Å². The Morgan fingerprint density at radius 3 is 0.467 bits per heavy atom. The minimum atomic E-state index is 0. The van der Waals surface area contributed by atoms with E-state index in [0.717, 1.165) is 0 Å². The van der Waals surface area contributed by atoms with Crippen LogP contribution in [0, 0.1) is 71.0 Å². The van der Waals surface area contributed by atoms with Crippen molar-refractivity contribution in [3.8, 4) is 0 Å². The second-order valence-corrected chi connectivity index (χ2v) is 0. The van der Waals surface area contributed by atoms with Crippen LogP contribution in [0.2, 0.25) is 0 Å². The topological polar surface area (TPSA) is 143 Å². The maximum atomic E-state index is 6.25. The number of hydrogen-bond acceptors (Lipinski definition) is 6. The summed E-state index contributed by atoms with van der Waals surface area (Å²) >= 11 is 6.50. The van der Waals surface area contributed by atoms with E-state index in [9.17, 15) is 0 Å². The molecule has 0 saturated heterocycles. The zero-order chi connectivity index (χ0) is 14.0. The summed E-state index contributed by atoms with van der Waals surface area (Å²) in [5, 5.41) is 37.5. The van der Waals surface area contributed by atoms with Crippen LogP contribution in [0.1, 0.15) is 0 Å². The van der Waals surface area contributed by atoms with Crippen LogP contribution in [0.5, 0.6) is 0 Å². The molecular formula is C6FeKN6Ni-5. The van der Waals surface area contributed by atoms with Gasteiger partial charge < -0.3 is 71.0 Å². The van der Waals surface area contributed by atoms with Gasteiger partial charge in [-0.1, -0.05) is 0 Å². The predicted molar refractivity (Wildman–Crippen MR) is 29.8 cm³/mol. The van der Waals surface area contributed by atoms with Crippen molar-refractivity contribution in [3.05, 3.63) is 39.4 Å². The molecule has 0 aliphatic carbocycles. The largest absolute Gasteiger partial charge is 1.00 e. The molecule has 0 aliphatic heterocycles. The molecule has 0 saturated carbocycles. The Morgan fingerprint density at radius 2 is 0.467 bits per heavy atom. The summed E-state index contributed by atoms with van der Waals surface area (Å²) in [5.41, 5.74) is 0. The molecule has 78 valence electrons. The zero-order valence-corrected chi connectivity index (χ0v) is 12.6. The van der Waals surface area contributed by atoms with Crippen LogP contribution in [0.3, 0.4) is 0 Å². The van der Waals surface area contributed by atoms with Gasteiger partial charge in [-0.25, -0.2) is 0 Å². The van der Waals surface area contributed by atoms with Crippen molar-refractivity contribution in [1.29, 1.82) is 31.6 Å². The van der Waals surface area contributed by atoms with Crippen LogP contribution in [-0.4, -0.2) is 0 Å². The van der Waals surface area contributed by atoms with Crippen molar-refractivity contribution in [2.75, 3.05) is 0 Å². The zero-order valence-electron chi connectivity index (χ0n) is 7.35. The first-order chi connectivity index (χ1) is 7.00. The summed E-state index contributed by atoms with van der Waals surface area (Å²) in [6.45, 7) is 28.5. The summed E-state index contributed by atoms with van der Waals surface area (Å²) in [5.74, 6) is 0. The Kier molecular flexibility index (Phi) is 52800. The van der Waals surface area contributed by atoms with Gasteiger partial charge in [-0.15, -0.1) is 0 Å². The third-order valence-corrected chi connectivity index (χ3v) is 0. The second-order valence-electron chi connectivity index (χ2n) is 0. The van der Waals surface area contributed by atoms with E-state index in [1.807, 2.05) is 0 Å². The average molecular weight is 310 g/mol. The molecule has 0 atom stereocenters. The second kappa shape index (κ2) is 12800. The first-order valence-corrected chi connectivity index (χ1v) is 3.24. The molecule has 6 nitrogen and oxygen atoms in total. The molecule has 0 unspecified atom stereocenters. The van der Waals surface area contributed by atoms with E-state index < -0.39 is 0 Å². The number of nitrogens with zero attached hydrogens (tertiary/aromatic N) is 6. The van der Waals surface area contributed by atoms with Crippen LogP contribution < -0.4 is 51.4 Å². The Balaban J connectivity index is -0.00000000628. The molecule has 0 aromatic heterocycles. The molecule has 0 radical (unpaired) electrons. The number of hydrogen-bond donors (Lipinski definition) is 0. The SMILES string of the molecule is [C-]#N.[C-]#N.[C-]#N.[C-]#N.[C-]#N.[C-]#N.[Fe]=[Ni].[K+]. The van der Waals surface area contributed by atoms with Gasteiger partial charge >= 0.3 is 78.3 Å². The fourth-order valence-corrected chi connectivity index (χ4v) is 0. The van der Waals surface area contributed by atoms with E-state index in [-0.39, 0.29) is 51.4 Å². The monoisotopic (exact) mass is 309 g/mol. The summed E-state index contributed by atoms with van der Waals surface area (Å²) < 4.78 is 0. The van der Waals surface area contributed by atoms with Gasteiger partial charge in [0.1, 0.15) is 0 Å². The summed E-state index contributed by atoms with van der Waals surface area (Å²) in [6, 6.07) is 0. The maximum Gasteiger partial charge on any atom is 1.00 e. The van der Waals surface area contributed by atoms with Gasteiger partial charge in [0.15, 0.2) is 0 Å². The summed E-state index contributed by atoms with van der Waals surface area (Å²) in [4.78, 5) is 0. The summed E-state index contributed by atoms with van der Waals surface area (Å²) in [6.07, 6.45) is 0. The Labute approximate surface area is 147 Å². The Hall–Kier alpha value is -0.411. The van der Waals surface area contributed by atoms with E-state index in [1.54, 1.807) is 0 Å². The van der Waals surface area contributed by atoms with Crippen molar-refractivity contribution in [3.63, 3.8) is 0 Å². The van der Waals surface area contributed by atoms with Gasteiger partial charge in [-0.2, -0.15) is 0 Å². The van der Waals surface area contributed by atoms with Gasteiger partial charge in [0.05, 0.1) is 0 Å². The van der Waals surface area contributed by atoms with E-state index in [2.05, 4.69) is 26.9 Å². The van der Waals surface area contributed by atoms with Gasteiger partial charge in [0.2, 0.25) is 0 Å². The quantitative estimate of drug-likeness (QED) is 0.360. The smallest absolute Gasteiger partial charge is 1.00 e. The van der Waals surface area contributed by atoms with E-state index in [4.69, 9.17) is 71.0 Å². The third-order valence-electron chi connectivity index (χ3n) is 0. The Morgan fingerprint density at radius 1 is 0.467 bits per heavy atom. The molecule has 0 bridgehead atoms. The fraction of sp³-hybridized carbons (Fsp3) is 0. The van der Waals surface area contributed by atoms with Crippen LogP contribution >= 0.6 is 0 Å². The van der Waals surface area contributed by atoms with Crippen molar-refractivity contribution in [2.45, 2.75) is 0 Å². The first-order valence-electron chi connectivity index (χ1n) is 1.45. The van der Waals surface area contributed by atoms with Crippen LogP contribution in [0.25, 0.3) is 0 Å². The fourth-order valence-electron chi connectivity index (χ4n) is 0. The molecule has 0 rings (SSSR count).